The first-order valence-corrected chi connectivity index (χ1v) is 5.71. The predicted octanol–water partition coefficient (Wildman–Crippen LogP) is 2.44. The first-order chi connectivity index (χ1) is 8.08. The van der Waals surface area contributed by atoms with Gasteiger partial charge in [-0.1, -0.05) is 12.1 Å². The van der Waals surface area contributed by atoms with E-state index in [1.807, 2.05) is 6.92 Å². The summed E-state index contributed by atoms with van der Waals surface area (Å²) >= 11 is 1.20. The summed E-state index contributed by atoms with van der Waals surface area (Å²) < 4.78 is 4.07. The molecule has 2 aromatic rings. The monoisotopic (exact) mass is 250 g/mol. The smallest absolute Gasteiger partial charge is 0.269 e. The van der Waals surface area contributed by atoms with Crippen LogP contribution in [0, 0.1) is 17.0 Å². The Hall–Kier alpha value is -1.79. The minimum Gasteiger partial charge on any atom is -0.383 e. The molecule has 1 aromatic carbocycles. The predicted molar refractivity (Wildman–Crippen MR) is 64.0 cm³/mol. The van der Waals surface area contributed by atoms with Crippen LogP contribution in [0.2, 0.25) is 0 Å². The minimum absolute atomic E-state index is 0.0252. The summed E-state index contributed by atoms with van der Waals surface area (Å²) in [4.78, 5) is 10.8. The Morgan fingerprint density at radius 3 is 2.82 bits per heavy atom. The van der Waals surface area contributed by atoms with Gasteiger partial charge in [-0.25, -0.2) is 0 Å². The summed E-state index contributed by atoms with van der Waals surface area (Å²) in [6, 6.07) is 7.76. The van der Waals surface area contributed by atoms with Gasteiger partial charge in [-0.15, -0.1) is 0 Å². The summed E-state index contributed by atoms with van der Waals surface area (Å²) in [6.45, 7) is 1.83. The highest BCUT2D eigenvalue weighted by molar-refractivity contribution is 7.05. The molecule has 5 nitrogen and oxygen atoms in total. The molecular weight excluding hydrogens is 240 g/mol. The Balaban J connectivity index is 2.33. The Morgan fingerprint density at radius 2 is 2.24 bits per heavy atom. The average molecular weight is 250 g/mol. The molecule has 2 rings (SSSR count). The van der Waals surface area contributed by atoms with Crippen LogP contribution < -0.4 is 0 Å². The van der Waals surface area contributed by atoms with E-state index in [4.69, 9.17) is 0 Å². The number of aliphatic hydroxyl groups excluding tert-OH is 1. The van der Waals surface area contributed by atoms with Crippen LogP contribution in [0.25, 0.3) is 0 Å². The summed E-state index contributed by atoms with van der Waals surface area (Å²) in [5.41, 5.74) is 1.31. The highest BCUT2D eigenvalue weighted by Crippen LogP contribution is 2.27. The van der Waals surface area contributed by atoms with Crippen molar-refractivity contribution in [3.8, 4) is 0 Å². The SMILES string of the molecule is Cc1cc(C(O)c2cccc([N+](=O)[O-])c2)sn1. The Morgan fingerprint density at radius 1 is 1.47 bits per heavy atom. The molecule has 1 N–H and O–H groups in total. The average Bonchev–Trinajstić information content (AvgIpc) is 2.75. The van der Waals surface area contributed by atoms with Gasteiger partial charge in [0.15, 0.2) is 0 Å². The van der Waals surface area contributed by atoms with Crippen LogP contribution in [0.15, 0.2) is 30.3 Å². The van der Waals surface area contributed by atoms with E-state index in [2.05, 4.69) is 4.37 Å². The van der Waals surface area contributed by atoms with E-state index in [-0.39, 0.29) is 5.69 Å². The molecule has 17 heavy (non-hydrogen) atoms. The third kappa shape index (κ3) is 2.48. The second kappa shape index (κ2) is 4.60. The number of nitro benzene ring substituents is 1. The van der Waals surface area contributed by atoms with Crippen molar-refractivity contribution < 1.29 is 10.0 Å². The Bertz CT molecular complexity index is 553. The number of nitro groups is 1. The highest BCUT2D eigenvalue weighted by Gasteiger charge is 2.16. The van der Waals surface area contributed by atoms with E-state index in [1.54, 1.807) is 18.2 Å². The van der Waals surface area contributed by atoms with Gasteiger partial charge in [-0.05, 0) is 30.1 Å². The van der Waals surface area contributed by atoms with Gasteiger partial charge in [-0.2, -0.15) is 4.37 Å². The van der Waals surface area contributed by atoms with Crippen LogP contribution in [0.5, 0.6) is 0 Å². The van der Waals surface area contributed by atoms with Crippen molar-refractivity contribution in [2.45, 2.75) is 13.0 Å². The van der Waals surface area contributed by atoms with Gasteiger partial charge < -0.3 is 5.11 Å². The van der Waals surface area contributed by atoms with Crippen LogP contribution in [0.3, 0.4) is 0 Å². The largest absolute Gasteiger partial charge is 0.383 e. The molecule has 0 saturated heterocycles. The Labute approximate surface area is 102 Å². The number of nitrogens with zero attached hydrogens (tertiary/aromatic N) is 2. The maximum absolute atomic E-state index is 10.6. The Kier molecular flexibility index (Phi) is 3.16. The van der Waals surface area contributed by atoms with Crippen LogP contribution in [0.1, 0.15) is 22.2 Å². The van der Waals surface area contributed by atoms with E-state index in [1.165, 1.54) is 23.7 Å². The van der Waals surface area contributed by atoms with Gasteiger partial charge in [0.05, 0.1) is 15.5 Å². The number of benzene rings is 1. The lowest BCUT2D eigenvalue weighted by atomic mass is 10.1. The molecule has 1 unspecified atom stereocenters. The number of aryl methyl sites for hydroxylation is 1. The van der Waals surface area contributed by atoms with Crippen molar-refractivity contribution in [1.29, 1.82) is 0 Å². The van der Waals surface area contributed by atoms with Gasteiger partial charge >= 0.3 is 0 Å². The fourth-order valence-electron chi connectivity index (χ4n) is 1.48. The molecule has 0 saturated carbocycles. The summed E-state index contributed by atoms with van der Waals surface area (Å²) in [5.74, 6) is 0. The van der Waals surface area contributed by atoms with Crippen molar-refractivity contribution in [1.82, 2.24) is 4.37 Å². The number of non-ortho nitro benzene ring substituents is 1. The molecule has 1 atom stereocenters. The van der Waals surface area contributed by atoms with Crippen molar-refractivity contribution >= 4 is 17.2 Å². The molecule has 0 spiro atoms. The van der Waals surface area contributed by atoms with Gasteiger partial charge in [0.1, 0.15) is 6.10 Å². The number of rotatable bonds is 3. The van der Waals surface area contributed by atoms with E-state index in [0.717, 1.165) is 5.69 Å². The lowest BCUT2D eigenvalue weighted by Gasteiger charge is -2.07. The molecule has 1 heterocycles. The second-order valence-corrected chi connectivity index (χ2v) is 4.46. The zero-order valence-corrected chi connectivity index (χ0v) is 9.85. The number of aromatic nitrogens is 1. The first kappa shape index (κ1) is 11.7. The third-order valence-electron chi connectivity index (χ3n) is 2.31. The summed E-state index contributed by atoms with van der Waals surface area (Å²) in [6.07, 6.45) is -0.860. The molecule has 1 aromatic heterocycles. The molecule has 0 aliphatic carbocycles. The molecule has 0 aliphatic rings. The van der Waals surface area contributed by atoms with Crippen LogP contribution in [-0.2, 0) is 0 Å². The number of aliphatic hydroxyl groups is 1. The van der Waals surface area contributed by atoms with Crippen molar-refractivity contribution in [3.63, 3.8) is 0 Å². The first-order valence-electron chi connectivity index (χ1n) is 4.93. The standard InChI is InChI=1S/C11H10N2O3S/c1-7-5-10(17-12-7)11(14)8-3-2-4-9(6-8)13(15)16/h2-6,11,14H,1H3. The lowest BCUT2D eigenvalue weighted by molar-refractivity contribution is -0.385. The molecule has 0 aliphatic heterocycles. The molecule has 0 fully saturated rings. The number of hydrogen-bond donors (Lipinski definition) is 1. The van der Waals surface area contributed by atoms with Crippen molar-refractivity contribution in [2.24, 2.45) is 0 Å². The number of hydrogen-bond acceptors (Lipinski definition) is 5. The normalized spacial score (nSPS) is 12.4. The van der Waals surface area contributed by atoms with Gasteiger partial charge in [0, 0.05) is 12.1 Å². The fourth-order valence-corrected chi connectivity index (χ4v) is 2.25. The van der Waals surface area contributed by atoms with Gasteiger partial charge in [0.25, 0.3) is 5.69 Å². The maximum Gasteiger partial charge on any atom is 0.269 e. The minimum atomic E-state index is -0.860. The highest BCUT2D eigenvalue weighted by atomic mass is 32.1. The zero-order valence-electron chi connectivity index (χ0n) is 9.03. The maximum atomic E-state index is 10.6. The summed E-state index contributed by atoms with van der Waals surface area (Å²) in [7, 11) is 0. The molecule has 0 amide bonds. The second-order valence-electron chi connectivity index (χ2n) is 3.63. The van der Waals surface area contributed by atoms with E-state index in [9.17, 15) is 15.2 Å². The quantitative estimate of drug-likeness (QED) is 0.670. The van der Waals surface area contributed by atoms with Gasteiger partial charge in [-0.3, -0.25) is 10.1 Å². The van der Waals surface area contributed by atoms with Crippen molar-refractivity contribution in [3.05, 3.63) is 56.6 Å². The van der Waals surface area contributed by atoms with E-state index >= 15 is 0 Å². The fraction of sp³-hybridized carbons (Fsp3) is 0.182. The van der Waals surface area contributed by atoms with Crippen LogP contribution >= 0.6 is 11.5 Å². The van der Waals surface area contributed by atoms with Crippen molar-refractivity contribution in [2.75, 3.05) is 0 Å². The molecule has 88 valence electrons. The topological polar surface area (TPSA) is 76.3 Å². The molecule has 0 radical (unpaired) electrons. The van der Waals surface area contributed by atoms with E-state index in [0.29, 0.717) is 10.4 Å². The van der Waals surface area contributed by atoms with Crippen LogP contribution in [-0.4, -0.2) is 14.4 Å². The lowest BCUT2D eigenvalue weighted by Crippen LogP contribution is -1.98. The van der Waals surface area contributed by atoms with Gasteiger partial charge in [0.2, 0.25) is 0 Å². The van der Waals surface area contributed by atoms with E-state index < -0.39 is 11.0 Å². The third-order valence-corrected chi connectivity index (χ3v) is 3.24. The van der Waals surface area contributed by atoms with Crippen LogP contribution in [0.4, 0.5) is 5.69 Å². The molecule has 0 bridgehead atoms. The molecule has 6 heteroatoms. The zero-order chi connectivity index (χ0) is 12.4. The molecular formula is C11H10N2O3S. The summed E-state index contributed by atoms with van der Waals surface area (Å²) in [5, 5.41) is 20.7.